The van der Waals surface area contributed by atoms with Gasteiger partial charge in [-0.05, 0) is 12.1 Å². The van der Waals surface area contributed by atoms with Gasteiger partial charge < -0.3 is 15.6 Å². The van der Waals surface area contributed by atoms with Crippen molar-refractivity contribution in [1.82, 2.24) is 4.98 Å². The summed E-state index contributed by atoms with van der Waals surface area (Å²) in [7, 11) is 1.29. The first kappa shape index (κ1) is 11.7. The minimum absolute atomic E-state index is 0.0886. The van der Waals surface area contributed by atoms with E-state index in [4.69, 9.17) is 5.84 Å². The Kier molecular flexibility index (Phi) is 3.14. The highest BCUT2D eigenvalue weighted by atomic mass is 79.9. The molecule has 6 heteroatoms. The van der Waals surface area contributed by atoms with Crippen LogP contribution in [0.1, 0.15) is 5.56 Å². The Bertz CT molecular complexity index is 604. The Labute approximate surface area is 106 Å². The van der Waals surface area contributed by atoms with E-state index in [1.54, 1.807) is 6.20 Å². The van der Waals surface area contributed by atoms with Crippen LogP contribution in [0.2, 0.25) is 0 Å². The molecule has 0 unspecified atom stereocenters. The van der Waals surface area contributed by atoms with Crippen molar-refractivity contribution >= 4 is 38.5 Å². The Morgan fingerprint density at radius 2 is 2.29 bits per heavy atom. The van der Waals surface area contributed by atoms with Crippen LogP contribution >= 0.6 is 15.9 Å². The van der Waals surface area contributed by atoms with Gasteiger partial charge in [-0.25, -0.2) is 4.79 Å². The molecule has 0 bridgehead atoms. The number of hydrogen-bond acceptors (Lipinski definition) is 4. The number of esters is 1. The number of carbonyl (C=O) groups is 1. The molecule has 0 spiro atoms. The van der Waals surface area contributed by atoms with Crippen LogP contribution < -0.4 is 5.84 Å². The normalized spacial score (nSPS) is 11.8. The predicted octanol–water partition coefficient (Wildman–Crippen LogP) is 1.77. The maximum absolute atomic E-state index is 11.5. The van der Waals surface area contributed by atoms with Crippen LogP contribution in [0.3, 0.4) is 0 Å². The van der Waals surface area contributed by atoms with E-state index >= 15 is 0 Å². The van der Waals surface area contributed by atoms with Gasteiger partial charge in [0.15, 0.2) is 5.71 Å². The number of nitrogens with zero attached hydrogens (tertiary/aromatic N) is 1. The summed E-state index contributed by atoms with van der Waals surface area (Å²) in [5.74, 6) is 4.67. The van der Waals surface area contributed by atoms with Gasteiger partial charge >= 0.3 is 5.97 Å². The predicted molar refractivity (Wildman–Crippen MR) is 68.7 cm³/mol. The molecule has 0 aliphatic rings. The third-order valence-electron chi connectivity index (χ3n) is 2.42. The van der Waals surface area contributed by atoms with Crippen molar-refractivity contribution in [2.24, 2.45) is 10.9 Å². The Morgan fingerprint density at radius 1 is 1.53 bits per heavy atom. The molecule has 88 valence electrons. The zero-order chi connectivity index (χ0) is 12.4. The Morgan fingerprint density at radius 3 is 2.94 bits per heavy atom. The van der Waals surface area contributed by atoms with E-state index in [2.05, 4.69) is 30.8 Å². The fourth-order valence-corrected chi connectivity index (χ4v) is 2.24. The highest BCUT2D eigenvalue weighted by molar-refractivity contribution is 9.10. The van der Waals surface area contributed by atoms with Crippen LogP contribution in [-0.4, -0.2) is 23.8 Å². The second-order valence-electron chi connectivity index (χ2n) is 3.33. The largest absolute Gasteiger partial charge is 0.464 e. The van der Waals surface area contributed by atoms with E-state index < -0.39 is 5.97 Å². The minimum Gasteiger partial charge on any atom is -0.464 e. The molecule has 0 radical (unpaired) electrons. The number of hydrogen-bond donors (Lipinski definition) is 2. The molecule has 1 aromatic carbocycles. The molecule has 1 aromatic heterocycles. The Hall–Kier alpha value is -1.82. The van der Waals surface area contributed by atoms with Crippen molar-refractivity contribution in [2.45, 2.75) is 0 Å². The molecule has 5 nitrogen and oxygen atoms in total. The summed E-state index contributed by atoms with van der Waals surface area (Å²) in [5.41, 5.74) is 1.59. The number of hydrazone groups is 1. The van der Waals surface area contributed by atoms with Crippen molar-refractivity contribution in [3.05, 3.63) is 34.4 Å². The number of nitrogens with one attached hydrogen (secondary N) is 1. The molecule has 0 fully saturated rings. The van der Waals surface area contributed by atoms with Gasteiger partial charge in [0.2, 0.25) is 0 Å². The molecule has 3 N–H and O–H groups in total. The van der Waals surface area contributed by atoms with E-state index in [1.807, 2.05) is 18.2 Å². The van der Waals surface area contributed by atoms with Gasteiger partial charge in [-0.3, -0.25) is 0 Å². The highest BCUT2D eigenvalue weighted by Gasteiger charge is 2.19. The maximum atomic E-state index is 11.5. The fourth-order valence-electron chi connectivity index (χ4n) is 1.66. The number of benzene rings is 1. The summed E-state index contributed by atoms with van der Waals surface area (Å²) >= 11 is 3.43. The number of rotatable bonds is 2. The summed E-state index contributed by atoms with van der Waals surface area (Å²) < 4.78 is 5.49. The molecule has 0 saturated carbocycles. The molecule has 0 atom stereocenters. The molecule has 0 aliphatic heterocycles. The van der Waals surface area contributed by atoms with Crippen LogP contribution in [0.15, 0.2) is 34.0 Å². The molecule has 0 saturated heterocycles. The molecule has 0 aliphatic carbocycles. The lowest BCUT2D eigenvalue weighted by molar-refractivity contribution is -0.132. The van der Waals surface area contributed by atoms with Gasteiger partial charge in [-0.1, -0.05) is 22.0 Å². The summed E-state index contributed by atoms with van der Waals surface area (Å²) in [6, 6.07) is 5.67. The van der Waals surface area contributed by atoms with Crippen LogP contribution in [0, 0.1) is 0 Å². The van der Waals surface area contributed by atoms with Gasteiger partial charge in [-0.15, -0.1) is 0 Å². The van der Waals surface area contributed by atoms with Gasteiger partial charge in [0, 0.05) is 27.1 Å². The minimum atomic E-state index is -0.566. The third kappa shape index (κ3) is 1.91. The number of methoxy groups -OCH3 is 1. The van der Waals surface area contributed by atoms with E-state index in [9.17, 15) is 4.79 Å². The lowest BCUT2D eigenvalue weighted by Crippen LogP contribution is -2.18. The van der Waals surface area contributed by atoms with E-state index in [0.717, 1.165) is 15.4 Å². The lowest BCUT2D eigenvalue weighted by atomic mass is 10.1. The number of aromatic amines is 1. The fraction of sp³-hybridized carbons (Fsp3) is 0.0909. The van der Waals surface area contributed by atoms with Crippen molar-refractivity contribution < 1.29 is 9.53 Å². The second-order valence-corrected chi connectivity index (χ2v) is 4.19. The summed E-state index contributed by atoms with van der Waals surface area (Å²) in [5, 5.41) is 4.34. The van der Waals surface area contributed by atoms with E-state index in [1.165, 1.54) is 7.11 Å². The third-order valence-corrected chi connectivity index (χ3v) is 3.08. The average molecular weight is 296 g/mol. The number of aromatic nitrogens is 1. The average Bonchev–Trinajstić information content (AvgIpc) is 2.75. The van der Waals surface area contributed by atoms with Crippen LogP contribution in [-0.2, 0) is 9.53 Å². The number of H-pyrrole nitrogens is 1. The molecule has 2 rings (SSSR count). The second kappa shape index (κ2) is 4.58. The number of halogens is 1. The molecular weight excluding hydrogens is 286 g/mol. The van der Waals surface area contributed by atoms with E-state index in [-0.39, 0.29) is 5.71 Å². The quantitative estimate of drug-likeness (QED) is 0.383. The van der Waals surface area contributed by atoms with Crippen molar-refractivity contribution in [3.63, 3.8) is 0 Å². The van der Waals surface area contributed by atoms with Crippen LogP contribution in [0.4, 0.5) is 0 Å². The molecule has 0 amide bonds. The standard InChI is InChI=1S/C11H10BrN3O2/c1-17-11(16)10(15-13)6-5-14-8-4-2-3-7(12)9(6)8/h2-5,14H,13H2,1H3/b15-10-. The smallest absolute Gasteiger partial charge is 0.359 e. The van der Waals surface area contributed by atoms with E-state index in [0.29, 0.717) is 5.56 Å². The first-order valence-corrected chi connectivity index (χ1v) is 5.60. The number of nitrogens with two attached hydrogens (primary N) is 1. The summed E-state index contributed by atoms with van der Waals surface area (Å²) in [6.45, 7) is 0. The van der Waals surface area contributed by atoms with Gasteiger partial charge in [0.25, 0.3) is 0 Å². The Balaban J connectivity index is 2.67. The molecule has 17 heavy (non-hydrogen) atoms. The molecule has 2 aromatic rings. The van der Waals surface area contributed by atoms with Gasteiger partial charge in [0.1, 0.15) is 0 Å². The monoisotopic (exact) mass is 295 g/mol. The van der Waals surface area contributed by atoms with Crippen molar-refractivity contribution in [2.75, 3.05) is 7.11 Å². The topological polar surface area (TPSA) is 80.5 Å². The summed E-state index contributed by atoms with van der Waals surface area (Å²) in [4.78, 5) is 14.6. The number of carbonyl (C=O) groups excluding carboxylic acids is 1. The first-order chi connectivity index (χ1) is 8.19. The number of fused-ring (bicyclic) bond motifs is 1. The van der Waals surface area contributed by atoms with Crippen LogP contribution in [0.5, 0.6) is 0 Å². The zero-order valence-electron chi connectivity index (χ0n) is 9.03. The van der Waals surface area contributed by atoms with Crippen molar-refractivity contribution in [3.8, 4) is 0 Å². The maximum Gasteiger partial charge on any atom is 0.359 e. The highest BCUT2D eigenvalue weighted by Crippen LogP contribution is 2.27. The van der Waals surface area contributed by atoms with Crippen LogP contribution in [0.25, 0.3) is 10.9 Å². The lowest BCUT2D eigenvalue weighted by Gasteiger charge is -2.02. The van der Waals surface area contributed by atoms with Gasteiger partial charge in [-0.2, -0.15) is 5.10 Å². The summed E-state index contributed by atoms with van der Waals surface area (Å²) in [6.07, 6.45) is 1.68. The first-order valence-electron chi connectivity index (χ1n) is 4.81. The molecule has 1 heterocycles. The molecular formula is C11H10BrN3O2. The SMILES string of the molecule is COC(=O)/C(=N\N)c1c[nH]c2cccc(Br)c12. The van der Waals surface area contributed by atoms with Gasteiger partial charge in [0.05, 0.1) is 7.11 Å². The zero-order valence-corrected chi connectivity index (χ0v) is 10.6. The number of ether oxygens (including phenoxy) is 1. The van der Waals surface area contributed by atoms with Crippen molar-refractivity contribution in [1.29, 1.82) is 0 Å².